The quantitative estimate of drug-likeness (QED) is 0.217. The van der Waals surface area contributed by atoms with Crippen LogP contribution in [-0.4, -0.2) is 0 Å². The molecule has 0 saturated carbocycles. The molecule has 0 spiro atoms. The number of nitrogens with zero attached hydrogens (tertiary/aromatic N) is 1. The second-order valence-corrected chi connectivity index (χ2v) is 10.5. The average Bonchev–Trinajstić information content (AvgIpc) is 3.45. The van der Waals surface area contributed by atoms with Crippen molar-refractivity contribution >= 4 is 49.8 Å². The molecule has 0 amide bonds. The van der Waals surface area contributed by atoms with Gasteiger partial charge in [0, 0.05) is 33.3 Å². The predicted octanol–water partition coefficient (Wildman–Crippen LogP) is 11.5. The van der Waals surface area contributed by atoms with Crippen molar-refractivity contribution in [3.8, 4) is 22.3 Å². The molecule has 0 aliphatic rings. The number of fused-ring (bicyclic) bond motifs is 4. The van der Waals surface area contributed by atoms with E-state index in [-0.39, 0.29) is 0 Å². The van der Waals surface area contributed by atoms with Gasteiger partial charge in [-0.2, -0.15) is 0 Å². The van der Waals surface area contributed by atoms with E-state index in [4.69, 9.17) is 4.42 Å². The summed E-state index contributed by atoms with van der Waals surface area (Å²) in [6.45, 7) is 0. The van der Waals surface area contributed by atoms with E-state index in [1.165, 1.54) is 21.9 Å². The zero-order valence-corrected chi connectivity index (χ0v) is 22.9. The lowest BCUT2D eigenvalue weighted by atomic mass is 9.97. The van der Waals surface area contributed by atoms with Gasteiger partial charge in [-0.15, -0.1) is 0 Å². The Morgan fingerprint density at radius 3 is 1.86 bits per heavy atom. The maximum atomic E-state index is 6.47. The number of hydrogen-bond acceptors (Lipinski definition) is 2. The molecule has 8 rings (SSSR count). The lowest BCUT2D eigenvalue weighted by Gasteiger charge is -2.28. The molecule has 2 nitrogen and oxygen atoms in total. The smallest absolute Gasteiger partial charge is 0.143 e. The van der Waals surface area contributed by atoms with Crippen LogP contribution in [0, 0.1) is 0 Å². The lowest BCUT2D eigenvalue weighted by Crippen LogP contribution is -2.11. The second-order valence-electron chi connectivity index (χ2n) is 10.5. The molecule has 8 aromatic rings. The van der Waals surface area contributed by atoms with Crippen LogP contribution in [0.1, 0.15) is 0 Å². The number of para-hydroxylation sites is 4. The fourth-order valence-corrected chi connectivity index (χ4v) is 6.13. The minimum atomic E-state index is 0.904. The monoisotopic (exact) mass is 537 g/mol. The van der Waals surface area contributed by atoms with Gasteiger partial charge >= 0.3 is 0 Å². The molecule has 1 heterocycles. The molecule has 0 fully saturated rings. The third kappa shape index (κ3) is 4.05. The summed E-state index contributed by atoms with van der Waals surface area (Å²) in [5, 5.41) is 4.77. The highest BCUT2D eigenvalue weighted by atomic mass is 16.3. The minimum absolute atomic E-state index is 0.904. The third-order valence-electron chi connectivity index (χ3n) is 8.08. The average molecular weight is 538 g/mol. The Morgan fingerprint density at radius 1 is 0.381 bits per heavy atom. The van der Waals surface area contributed by atoms with Crippen LogP contribution in [0.2, 0.25) is 0 Å². The van der Waals surface area contributed by atoms with Gasteiger partial charge in [0.2, 0.25) is 0 Å². The summed E-state index contributed by atoms with van der Waals surface area (Å²) in [6, 6.07) is 57.9. The Hall–Kier alpha value is -5.60. The zero-order valence-electron chi connectivity index (χ0n) is 22.9. The Morgan fingerprint density at radius 2 is 0.976 bits per heavy atom. The van der Waals surface area contributed by atoms with Gasteiger partial charge in [-0.25, -0.2) is 0 Å². The highest BCUT2D eigenvalue weighted by Crippen LogP contribution is 2.44. The molecule has 198 valence electrons. The van der Waals surface area contributed by atoms with E-state index < -0.39 is 0 Å². The van der Waals surface area contributed by atoms with Crippen molar-refractivity contribution in [1.82, 2.24) is 0 Å². The van der Waals surface area contributed by atoms with E-state index in [0.29, 0.717) is 0 Å². The first-order valence-electron chi connectivity index (χ1n) is 14.3. The van der Waals surface area contributed by atoms with Crippen molar-refractivity contribution in [3.05, 3.63) is 164 Å². The highest BCUT2D eigenvalue weighted by molar-refractivity contribution is 6.10. The molecule has 42 heavy (non-hydrogen) atoms. The molecule has 2 heteroatoms. The SMILES string of the molecule is c1ccc(N(c2ccc(-c3cccc4ccccc34)cc2)c2ccccc2-c2cccc3c2oc2ccccc23)cc1. The molecule has 7 aromatic carbocycles. The van der Waals surface area contributed by atoms with Gasteiger partial charge in [0.05, 0.1) is 5.69 Å². The van der Waals surface area contributed by atoms with Crippen LogP contribution in [0.25, 0.3) is 55.0 Å². The molecule has 0 aliphatic heterocycles. The predicted molar refractivity (Wildman–Crippen MR) is 177 cm³/mol. The van der Waals surface area contributed by atoms with Crippen LogP contribution in [0.15, 0.2) is 168 Å². The van der Waals surface area contributed by atoms with E-state index in [2.05, 4.69) is 157 Å². The first-order chi connectivity index (χ1) is 20.8. The maximum Gasteiger partial charge on any atom is 0.143 e. The van der Waals surface area contributed by atoms with E-state index in [1.54, 1.807) is 0 Å². The Balaban J connectivity index is 1.30. The molecule has 0 unspecified atom stereocenters. The van der Waals surface area contributed by atoms with E-state index in [9.17, 15) is 0 Å². The standard InChI is InChI=1S/C40H27NO/c1-2-14-30(15-3-1)41(31-26-24-29(25-27-31)33-19-10-13-28-12-4-5-16-32(28)33)38-22-8-6-17-34(38)36-20-11-21-37-35-18-7-9-23-39(35)42-40(36)37/h1-27H. The second kappa shape index (κ2) is 10.1. The summed E-state index contributed by atoms with van der Waals surface area (Å²) in [7, 11) is 0. The molecule has 0 N–H and O–H groups in total. The minimum Gasteiger partial charge on any atom is -0.455 e. The fourth-order valence-electron chi connectivity index (χ4n) is 6.13. The Labute approximate surface area is 244 Å². The maximum absolute atomic E-state index is 6.47. The van der Waals surface area contributed by atoms with Gasteiger partial charge in [0.1, 0.15) is 11.2 Å². The first-order valence-corrected chi connectivity index (χ1v) is 14.3. The topological polar surface area (TPSA) is 16.4 Å². The number of furan rings is 1. The largest absolute Gasteiger partial charge is 0.455 e. The Kier molecular flexibility index (Phi) is 5.82. The summed E-state index contributed by atoms with van der Waals surface area (Å²) in [5.74, 6) is 0. The van der Waals surface area contributed by atoms with Crippen molar-refractivity contribution in [2.24, 2.45) is 0 Å². The normalized spacial score (nSPS) is 11.3. The van der Waals surface area contributed by atoms with E-state index in [1.807, 2.05) is 12.1 Å². The van der Waals surface area contributed by atoms with E-state index >= 15 is 0 Å². The molecular weight excluding hydrogens is 510 g/mol. The first kappa shape index (κ1) is 24.2. The van der Waals surface area contributed by atoms with Crippen molar-refractivity contribution in [3.63, 3.8) is 0 Å². The van der Waals surface area contributed by atoms with Gasteiger partial charge < -0.3 is 9.32 Å². The van der Waals surface area contributed by atoms with Gasteiger partial charge in [-0.3, -0.25) is 0 Å². The van der Waals surface area contributed by atoms with Crippen LogP contribution in [-0.2, 0) is 0 Å². The lowest BCUT2D eigenvalue weighted by molar-refractivity contribution is 0.670. The molecule has 0 saturated heterocycles. The fraction of sp³-hybridized carbons (Fsp3) is 0. The van der Waals surface area contributed by atoms with Crippen molar-refractivity contribution in [1.29, 1.82) is 0 Å². The van der Waals surface area contributed by atoms with Crippen LogP contribution in [0.5, 0.6) is 0 Å². The summed E-state index contributed by atoms with van der Waals surface area (Å²) in [5.41, 5.74) is 9.72. The highest BCUT2D eigenvalue weighted by Gasteiger charge is 2.20. The number of anilines is 3. The van der Waals surface area contributed by atoms with Crippen molar-refractivity contribution < 1.29 is 4.42 Å². The van der Waals surface area contributed by atoms with Crippen LogP contribution in [0.4, 0.5) is 17.1 Å². The van der Waals surface area contributed by atoms with Crippen molar-refractivity contribution in [2.45, 2.75) is 0 Å². The zero-order chi connectivity index (χ0) is 27.9. The van der Waals surface area contributed by atoms with Crippen LogP contribution >= 0.6 is 0 Å². The molecule has 1 aromatic heterocycles. The van der Waals surface area contributed by atoms with E-state index in [0.717, 1.165) is 50.1 Å². The summed E-state index contributed by atoms with van der Waals surface area (Å²) in [6.07, 6.45) is 0. The molecule has 0 radical (unpaired) electrons. The summed E-state index contributed by atoms with van der Waals surface area (Å²) in [4.78, 5) is 2.34. The number of benzene rings is 7. The Bertz CT molecular complexity index is 2190. The van der Waals surface area contributed by atoms with Crippen molar-refractivity contribution in [2.75, 3.05) is 4.90 Å². The van der Waals surface area contributed by atoms with Gasteiger partial charge in [0.25, 0.3) is 0 Å². The number of hydrogen-bond donors (Lipinski definition) is 0. The van der Waals surface area contributed by atoms with Gasteiger partial charge in [0.15, 0.2) is 0 Å². The summed E-state index contributed by atoms with van der Waals surface area (Å²) >= 11 is 0. The van der Waals surface area contributed by atoms with Crippen LogP contribution in [0.3, 0.4) is 0 Å². The molecule has 0 bridgehead atoms. The molecule has 0 atom stereocenters. The molecular formula is C40H27NO. The number of rotatable bonds is 5. The van der Waals surface area contributed by atoms with Crippen LogP contribution < -0.4 is 4.90 Å². The van der Waals surface area contributed by atoms with Gasteiger partial charge in [-0.05, 0) is 58.3 Å². The summed E-state index contributed by atoms with van der Waals surface area (Å²) < 4.78 is 6.47. The van der Waals surface area contributed by atoms with Gasteiger partial charge in [-0.1, -0.05) is 127 Å². The third-order valence-corrected chi connectivity index (χ3v) is 8.08. The molecule has 0 aliphatic carbocycles.